The number of ether oxygens (including phenoxy) is 1. The number of carbonyl (C=O) groups excluding carboxylic acids is 1. The summed E-state index contributed by atoms with van der Waals surface area (Å²) in [4.78, 5) is 27.3. The Morgan fingerprint density at radius 2 is 1.78 bits per heavy atom. The Labute approximate surface area is 165 Å². The summed E-state index contributed by atoms with van der Waals surface area (Å²) in [6.45, 7) is 4.39. The molecule has 27 heavy (non-hydrogen) atoms. The number of piperazine rings is 1. The molecule has 1 amide bonds. The number of aryl methyl sites for hydroxylation is 1. The lowest BCUT2D eigenvalue weighted by Crippen LogP contribution is -2.48. The smallest absolute Gasteiger partial charge is 0.269 e. The molecule has 1 saturated heterocycles. The van der Waals surface area contributed by atoms with Crippen LogP contribution in [-0.4, -0.2) is 49.0 Å². The lowest BCUT2D eigenvalue weighted by Gasteiger charge is -2.36. The van der Waals surface area contributed by atoms with Gasteiger partial charge in [-0.25, -0.2) is 0 Å². The third-order valence-corrected chi connectivity index (χ3v) is 5.12. The molecule has 3 rings (SSSR count). The Bertz CT molecular complexity index is 862. The van der Waals surface area contributed by atoms with Crippen LogP contribution in [0.4, 0.5) is 11.4 Å². The average Bonchev–Trinajstić information content (AvgIpc) is 2.67. The van der Waals surface area contributed by atoms with Crippen LogP contribution in [0, 0.1) is 17.0 Å². The number of methoxy groups -OCH3 is 1. The molecule has 0 atom stereocenters. The number of hydrogen-bond acceptors (Lipinski definition) is 5. The predicted molar refractivity (Wildman–Crippen MR) is 107 cm³/mol. The number of benzene rings is 2. The van der Waals surface area contributed by atoms with Crippen LogP contribution in [-0.2, 0) is 0 Å². The Morgan fingerprint density at radius 1 is 1.15 bits per heavy atom. The van der Waals surface area contributed by atoms with E-state index >= 15 is 0 Å². The highest BCUT2D eigenvalue weighted by atomic mass is 79.9. The fraction of sp³-hybridized carbons (Fsp3) is 0.316. The minimum atomic E-state index is -0.409. The van der Waals surface area contributed by atoms with Crippen LogP contribution in [0.3, 0.4) is 0 Å². The van der Waals surface area contributed by atoms with Gasteiger partial charge < -0.3 is 14.5 Å². The molecule has 142 valence electrons. The van der Waals surface area contributed by atoms with Gasteiger partial charge in [0.05, 0.1) is 17.6 Å². The quantitative estimate of drug-likeness (QED) is 0.543. The van der Waals surface area contributed by atoms with Gasteiger partial charge >= 0.3 is 0 Å². The molecule has 1 aliphatic heterocycles. The summed E-state index contributed by atoms with van der Waals surface area (Å²) in [6, 6.07) is 10.2. The van der Waals surface area contributed by atoms with E-state index in [4.69, 9.17) is 4.74 Å². The molecule has 7 nitrogen and oxygen atoms in total. The zero-order valence-electron chi connectivity index (χ0n) is 15.1. The fourth-order valence-electron chi connectivity index (χ4n) is 3.28. The summed E-state index contributed by atoms with van der Waals surface area (Å²) in [5.74, 6) is 0.542. The van der Waals surface area contributed by atoms with Gasteiger partial charge in [-0.2, -0.15) is 0 Å². The Balaban J connectivity index is 1.70. The SMILES string of the molecule is COc1c(C)cc(Br)cc1C(=O)N1CCN(c2ccc([N+](=O)[O-])cc2)CC1. The monoisotopic (exact) mass is 433 g/mol. The van der Waals surface area contributed by atoms with Crippen molar-refractivity contribution in [2.24, 2.45) is 0 Å². The molecule has 0 radical (unpaired) electrons. The standard InChI is InChI=1S/C19H20BrN3O4/c1-13-11-14(20)12-17(18(13)27-2)19(24)22-9-7-21(8-10-22)15-3-5-16(6-4-15)23(25)26/h3-6,11-12H,7-10H2,1-2H3. The van der Waals surface area contributed by atoms with Gasteiger partial charge in [0.15, 0.2) is 0 Å². The first kappa shape index (κ1) is 19.2. The summed E-state index contributed by atoms with van der Waals surface area (Å²) in [7, 11) is 1.57. The fourth-order valence-corrected chi connectivity index (χ4v) is 3.86. The summed E-state index contributed by atoms with van der Waals surface area (Å²) >= 11 is 3.44. The zero-order valence-corrected chi connectivity index (χ0v) is 16.7. The van der Waals surface area contributed by atoms with Crippen LogP contribution in [0.5, 0.6) is 5.75 Å². The molecule has 1 fully saturated rings. The maximum absolute atomic E-state index is 13.0. The summed E-state index contributed by atoms with van der Waals surface area (Å²) in [6.07, 6.45) is 0. The molecular formula is C19H20BrN3O4. The molecule has 0 bridgehead atoms. The first-order valence-corrected chi connectivity index (χ1v) is 9.33. The van der Waals surface area contributed by atoms with E-state index in [0.717, 1.165) is 15.7 Å². The van der Waals surface area contributed by atoms with E-state index in [1.165, 1.54) is 12.1 Å². The van der Waals surface area contributed by atoms with Gasteiger partial charge in [0, 0.05) is 48.5 Å². The van der Waals surface area contributed by atoms with Crippen molar-refractivity contribution in [3.63, 3.8) is 0 Å². The first-order chi connectivity index (χ1) is 12.9. The molecule has 0 saturated carbocycles. The number of amides is 1. The molecule has 1 heterocycles. The van der Waals surface area contributed by atoms with Crippen molar-refractivity contribution < 1.29 is 14.5 Å². The van der Waals surface area contributed by atoms with Crippen molar-refractivity contribution in [1.82, 2.24) is 4.90 Å². The van der Waals surface area contributed by atoms with E-state index in [2.05, 4.69) is 20.8 Å². The summed E-state index contributed by atoms with van der Waals surface area (Å²) in [5.41, 5.74) is 2.45. The molecule has 8 heteroatoms. The highest BCUT2D eigenvalue weighted by Crippen LogP contribution is 2.29. The lowest BCUT2D eigenvalue weighted by molar-refractivity contribution is -0.384. The van der Waals surface area contributed by atoms with Gasteiger partial charge in [0.25, 0.3) is 11.6 Å². The number of nitro benzene ring substituents is 1. The Hall–Kier alpha value is -2.61. The van der Waals surface area contributed by atoms with Gasteiger partial charge in [-0.3, -0.25) is 14.9 Å². The first-order valence-electron chi connectivity index (χ1n) is 8.53. The average molecular weight is 434 g/mol. The van der Waals surface area contributed by atoms with Crippen molar-refractivity contribution in [2.75, 3.05) is 38.2 Å². The van der Waals surface area contributed by atoms with Crippen molar-refractivity contribution in [3.05, 3.63) is 62.1 Å². The highest BCUT2D eigenvalue weighted by molar-refractivity contribution is 9.10. The molecule has 2 aromatic carbocycles. The number of hydrogen-bond donors (Lipinski definition) is 0. The maximum Gasteiger partial charge on any atom is 0.269 e. The number of nitro groups is 1. The van der Waals surface area contributed by atoms with Crippen molar-refractivity contribution in [1.29, 1.82) is 0 Å². The predicted octanol–water partition coefficient (Wildman–Crippen LogP) is 3.64. The van der Waals surface area contributed by atoms with Crippen LogP contribution in [0.1, 0.15) is 15.9 Å². The largest absolute Gasteiger partial charge is 0.496 e. The van der Waals surface area contributed by atoms with E-state index in [1.54, 1.807) is 25.3 Å². The minimum Gasteiger partial charge on any atom is -0.496 e. The molecule has 1 aliphatic rings. The molecule has 2 aromatic rings. The van der Waals surface area contributed by atoms with E-state index in [0.29, 0.717) is 37.5 Å². The van der Waals surface area contributed by atoms with Gasteiger partial charge in [0.2, 0.25) is 0 Å². The van der Waals surface area contributed by atoms with E-state index in [1.807, 2.05) is 17.9 Å². The molecule has 0 aromatic heterocycles. The topological polar surface area (TPSA) is 75.9 Å². The highest BCUT2D eigenvalue weighted by Gasteiger charge is 2.25. The molecule has 0 N–H and O–H groups in total. The Kier molecular flexibility index (Phi) is 5.65. The van der Waals surface area contributed by atoms with E-state index < -0.39 is 4.92 Å². The lowest BCUT2D eigenvalue weighted by atomic mass is 10.1. The van der Waals surface area contributed by atoms with Crippen LogP contribution in [0.2, 0.25) is 0 Å². The molecular weight excluding hydrogens is 414 g/mol. The van der Waals surface area contributed by atoms with Crippen LogP contribution in [0.15, 0.2) is 40.9 Å². The third kappa shape index (κ3) is 4.05. The van der Waals surface area contributed by atoms with Gasteiger partial charge in [-0.15, -0.1) is 0 Å². The van der Waals surface area contributed by atoms with Crippen molar-refractivity contribution >= 4 is 33.2 Å². The number of halogens is 1. The van der Waals surface area contributed by atoms with Crippen molar-refractivity contribution in [3.8, 4) is 5.75 Å². The minimum absolute atomic E-state index is 0.0559. The second-order valence-corrected chi connectivity index (χ2v) is 7.27. The van der Waals surface area contributed by atoms with Gasteiger partial charge in [0.1, 0.15) is 5.75 Å². The van der Waals surface area contributed by atoms with Gasteiger partial charge in [-0.1, -0.05) is 15.9 Å². The van der Waals surface area contributed by atoms with Crippen molar-refractivity contribution in [2.45, 2.75) is 6.92 Å². The summed E-state index contributed by atoms with van der Waals surface area (Å²) in [5, 5.41) is 10.8. The third-order valence-electron chi connectivity index (χ3n) is 4.67. The second kappa shape index (κ2) is 7.96. The summed E-state index contributed by atoms with van der Waals surface area (Å²) < 4.78 is 6.27. The van der Waals surface area contributed by atoms with E-state index in [9.17, 15) is 14.9 Å². The maximum atomic E-state index is 13.0. The van der Waals surface area contributed by atoms with E-state index in [-0.39, 0.29) is 11.6 Å². The van der Waals surface area contributed by atoms with Crippen LogP contribution < -0.4 is 9.64 Å². The molecule has 0 unspecified atom stereocenters. The number of nitrogens with zero attached hydrogens (tertiary/aromatic N) is 3. The second-order valence-electron chi connectivity index (χ2n) is 6.36. The number of non-ortho nitro benzene ring substituents is 1. The van der Waals surface area contributed by atoms with Crippen LogP contribution in [0.25, 0.3) is 0 Å². The normalized spacial score (nSPS) is 14.2. The molecule has 0 aliphatic carbocycles. The number of rotatable bonds is 4. The van der Waals surface area contributed by atoms with Gasteiger partial charge in [-0.05, 0) is 36.8 Å². The van der Waals surface area contributed by atoms with Crippen LogP contribution >= 0.6 is 15.9 Å². The number of anilines is 1. The number of carbonyl (C=O) groups is 1. The zero-order chi connectivity index (χ0) is 19.6. The molecule has 0 spiro atoms. The Morgan fingerprint density at radius 3 is 2.33 bits per heavy atom.